The Labute approximate surface area is 159 Å². The van der Waals surface area contributed by atoms with Gasteiger partial charge in [-0.15, -0.1) is 0 Å². The van der Waals surface area contributed by atoms with Crippen molar-refractivity contribution in [3.63, 3.8) is 0 Å². The highest BCUT2D eigenvalue weighted by Gasteiger charge is 2.27. The van der Waals surface area contributed by atoms with Crippen molar-refractivity contribution in [3.8, 4) is 0 Å². The molecule has 0 radical (unpaired) electrons. The Kier molecular flexibility index (Phi) is 5.12. The third-order valence-electron chi connectivity index (χ3n) is 6.20. The van der Waals surface area contributed by atoms with Gasteiger partial charge in [0.2, 0.25) is 0 Å². The topological polar surface area (TPSA) is 0 Å². The van der Waals surface area contributed by atoms with E-state index in [0.717, 1.165) is 50.7 Å². The monoisotopic (exact) mass is 370 g/mol. The molecule has 0 aliphatic heterocycles. The van der Waals surface area contributed by atoms with E-state index in [1.54, 1.807) is 0 Å². The van der Waals surface area contributed by atoms with Crippen LogP contribution in [-0.2, 0) is 25.7 Å². The van der Waals surface area contributed by atoms with Crippen LogP contribution < -0.4 is 0 Å². The second-order valence-electron chi connectivity index (χ2n) is 7.92. The van der Waals surface area contributed by atoms with Crippen molar-refractivity contribution in [3.05, 3.63) is 81.7 Å². The summed E-state index contributed by atoms with van der Waals surface area (Å²) in [5.74, 6) is -2.88. The van der Waals surface area contributed by atoms with Crippen LogP contribution in [0.25, 0.3) is 0 Å². The molecule has 2 aliphatic rings. The molecule has 2 atom stereocenters. The zero-order chi connectivity index (χ0) is 19.0. The average Bonchev–Trinajstić information content (AvgIpc) is 2.69. The van der Waals surface area contributed by atoms with Gasteiger partial charge in [-0.3, -0.25) is 0 Å². The summed E-state index contributed by atoms with van der Waals surface area (Å²) in [6.07, 6.45) is 11.7. The lowest BCUT2D eigenvalue weighted by Gasteiger charge is -2.31. The highest BCUT2D eigenvalue weighted by Crippen LogP contribution is 2.39. The van der Waals surface area contributed by atoms with Crippen LogP contribution in [0, 0.1) is 23.4 Å². The smallest absolute Gasteiger partial charge is 0.194 e. The van der Waals surface area contributed by atoms with Crippen LogP contribution in [-0.4, -0.2) is 0 Å². The van der Waals surface area contributed by atoms with Gasteiger partial charge in [0.15, 0.2) is 17.5 Å². The number of allylic oxidation sites excluding steroid dienone is 2. The summed E-state index contributed by atoms with van der Waals surface area (Å²) in [5, 5.41) is 0. The van der Waals surface area contributed by atoms with E-state index in [0.29, 0.717) is 11.5 Å². The average molecular weight is 370 g/mol. The zero-order valence-corrected chi connectivity index (χ0v) is 15.7. The highest BCUT2D eigenvalue weighted by atomic mass is 19.2. The molecule has 2 aromatic rings. The molecule has 2 aromatic carbocycles. The molecule has 2 unspecified atom stereocenters. The second-order valence-corrected chi connectivity index (χ2v) is 7.92. The van der Waals surface area contributed by atoms with Gasteiger partial charge in [-0.25, -0.2) is 13.2 Å². The molecule has 0 saturated carbocycles. The number of halogens is 3. The summed E-state index contributed by atoms with van der Waals surface area (Å²) in [4.78, 5) is 0. The molecule has 0 saturated heterocycles. The molecule has 0 fully saturated rings. The fourth-order valence-electron chi connectivity index (χ4n) is 4.78. The molecule has 142 valence electrons. The number of hydrogen-bond acceptors (Lipinski definition) is 0. The van der Waals surface area contributed by atoms with Crippen LogP contribution in [0.1, 0.15) is 59.9 Å². The Morgan fingerprint density at radius 1 is 0.926 bits per heavy atom. The molecule has 3 heteroatoms. The minimum atomic E-state index is -1.38. The van der Waals surface area contributed by atoms with Crippen LogP contribution in [0.5, 0.6) is 0 Å². The molecule has 2 aliphatic carbocycles. The lowest BCUT2D eigenvalue weighted by atomic mass is 9.74. The summed E-state index contributed by atoms with van der Waals surface area (Å²) in [6.45, 7) is 2.17. The number of fused-ring (bicyclic) bond motifs is 3. The normalized spacial score (nSPS) is 21.9. The molecule has 4 rings (SSSR count). The van der Waals surface area contributed by atoms with Gasteiger partial charge < -0.3 is 0 Å². The Balaban J connectivity index is 1.58. The van der Waals surface area contributed by atoms with Crippen molar-refractivity contribution in [1.82, 2.24) is 0 Å². The molecule has 0 spiro atoms. The van der Waals surface area contributed by atoms with Crippen LogP contribution in [0.3, 0.4) is 0 Å². The Morgan fingerprint density at radius 2 is 1.56 bits per heavy atom. The van der Waals surface area contributed by atoms with Gasteiger partial charge in [-0.1, -0.05) is 31.2 Å². The lowest BCUT2D eigenvalue weighted by molar-refractivity contribution is 0.441. The molecular weight excluding hydrogens is 345 g/mol. The van der Waals surface area contributed by atoms with Crippen molar-refractivity contribution >= 4 is 0 Å². The van der Waals surface area contributed by atoms with E-state index in [2.05, 4.69) is 31.2 Å². The first-order valence-electron chi connectivity index (χ1n) is 10.0. The summed E-state index contributed by atoms with van der Waals surface area (Å²) in [7, 11) is 0. The first-order chi connectivity index (χ1) is 13.1. The van der Waals surface area contributed by atoms with Gasteiger partial charge in [0.1, 0.15) is 0 Å². The largest absolute Gasteiger partial charge is 0.204 e. The van der Waals surface area contributed by atoms with Crippen molar-refractivity contribution in [2.45, 2.75) is 57.8 Å². The van der Waals surface area contributed by atoms with Gasteiger partial charge in [0, 0.05) is 0 Å². The van der Waals surface area contributed by atoms with E-state index < -0.39 is 17.5 Å². The zero-order valence-electron chi connectivity index (χ0n) is 15.7. The van der Waals surface area contributed by atoms with Gasteiger partial charge >= 0.3 is 0 Å². The van der Waals surface area contributed by atoms with Crippen molar-refractivity contribution in [1.29, 1.82) is 0 Å². The summed E-state index contributed by atoms with van der Waals surface area (Å²) in [6, 6.07) is 6.77. The Morgan fingerprint density at radius 3 is 2.22 bits per heavy atom. The fraction of sp³-hybridized carbons (Fsp3) is 0.417. The highest BCUT2D eigenvalue weighted by molar-refractivity contribution is 5.46. The third kappa shape index (κ3) is 3.56. The first kappa shape index (κ1) is 18.3. The third-order valence-corrected chi connectivity index (χ3v) is 6.20. The van der Waals surface area contributed by atoms with Crippen LogP contribution in [0.15, 0.2) is 36.4 Å². The molecule has 0 aromatic heterocycles. The molecular formula is C24H25F3. The maximum absolute atomic E-state index is 13.6. The molecule has 0 nitrogen and oxygen atoms in total. The van der Waals surface area contributed by atoms with Gasteiger partial charge in [0.05, 0.1) is 0 Å². The maximum Gasteiger partial charge on any atom is 0.194 e. The van der Waals surface area contributed by atoms with E-state index in [1.165, 1.54) is 28.7 Å². The van der Waals surface area contributed by atoms with E-state index in [4.69, 9.17) is 0 Å². The van der Waals surface area contributed by atoms with E-state index in [-0.39, 0.29) is 5.92 Å². The fourth-order valence-corrected chi connectivity index (χ4v) is 4.78. The summed E-state index contributed by atoms with van der Waals surface area (Å²) >= 11 is 0. The first-order valence-corrected chi connectivity index (χ1v) is 10.0. The molecule has 0 N–H and O–H groups in total. The summed E-state index contributed by atoms with van der Waals surface area (Å²) in [5.41, 5.74) is 6.27. The quantitative estimate of drug-likeness (QED) is 0.430. The maximum atomic E-state index is 13.6. The van der Waals surface area contributed by atoms with Crippen LogP contribution >= 0.6 is 0 Å². The number of benzene rings is 2. The standard InChI is InChI=1S/C24H25F3/c1-2-3-4-15-5-9-20-17(11-15)6-7-18-12-16(8-10-21(18)20)19-13-22(25)24(27)23(26)14-19/h3-4,6-7,13-16H,2,5,8-12H2,1H3. The lowest BCUT2D eigenvalue weighted by Crippen LogP contribution is -2.20. The second kappa shape index (κ2) is 7.53. The summed E-state index contributed by atoms with van der Waals surface area (Å²) < 4.78 is 40.5. The van der Waals surface area contributed by atoms with Gasteiger partial charge in [0.25, 0.3) is 0 Å². The molecule has 27 heavy (non-hydrogen) atoms. The van der Waals surface area contributed by atoms with E-state index in [1.807, 2.05) is 0 Å². The predicted molar refractivity (Wildman–Crippen MR) is 102 cm³/mol. The number of hydrogen-bond donors (Lipinski definition) is 0. The molecule has 0 heterocycles. The minimum absolute atomic E-state index is 0.0453. The predicted octanol–water partition coefficient (Wildman–Crippen LogP) is 6.45. The van der Waals surface area contributed by atoms with Crippen molar-refractivity contribution < 1.29 is 13.2 Å². The number of rotatable bonds is 3. The SMILES string of the molecule is CCC=CC1CCc2c(ccc3c2CCC(c2cc(F)c(F)c(F)c2)C3)C1. The minimum Gasteiger partial charge on any atom is -0.204 e. The van der Waals surface area contributed by atoms with Crippen molar-refractivity contribution in [2.75, 3.05) is 0 Å². The van der Waals surface area contributed by atoms with Crippen LogP contribution in [0.2, 0.25) is 0 Å². The van der Waals surface area contributed by atoms with Gasteiger partial charge in [-0.05, 0) is 96.7 Å². The van der Waals surface area contributed by atoms with Gasteiger partial charge in [-0.2, -0.15) is 0 Å². The molecule has 0 amide bonds. The molecule has 0 bridgehead atoms. The van der Waals surface area contributed by atoms with Crippen molar-refractivity contribution in [2.24, 2.45) is 5.92 Å². The Bertz CT molecular complexity index is 858. The van der Waals surface area contributed by atoms with E-state index >= 15 is 0 Å². The Hall–Kier alpha value is -2.03. The van der Waals surface area contributed by atoms with E-state index in [9.17, 15) is 13.2 Å². The van der Waals surface area contributed by atoms with Crippen LogP contribution in [0.4, 0.5) is 13.2 Å².